The molecule has 0 spiro atoms. The molecular weight excluding hydrogens is 320 g/mol. The van der Waals surface area contributed by atoms with Crippen LogP contribution in [0.15, 0.2) is 40.9 Å². The largest absolute Gasteiger partial charge is 0.508 e. The maximum Gasteiger partial charge on any atom is 0.128 e. The molecule has 2 aromatic carbocycles. The SMILES string of the molecule is N#Cc1ccc(Br)cc1NC1COc2cc(O)ccc21. The van der Waals surface area contributed by atoms with E-state index in [4.69, 9.17) is 10.00 Å². The number of hydrogen-bond acceptors (Lipinski definition) is 4. The predicted molar refractivity (Wildman–Crippen MR) is 78.8 cm³/mol. The van der Waals surface area contributed by atoms with Gasteiger partial charge in [-0.3, -0.25) is 0 Å². The van der Waals surface area contributed by atoms with Gasteiger partial charge < -0.3 is 15.2 Å². The monoisotopic (exact) mass is 330 g/mol. The molecule has 2 aromatic rings. The first-order valence-corrected chi connectivity index (χ1v) is 6.88. The van der Waals surface area contributed by atoms with Crippen molar-refractivity contribution in [3.63, 3.8) is 0 Å². The van der Waals surface area contributed by atoms with Crippen LogP contribution < -0.4 is 10.1 Å². The van der Waals surface area contributed by atoms with Crippen LogP contribution in [0.1, 0.15) is 17.2 Å². The zero-order chi connectivity index (χ0) is 14.1. The van der Waals surface area contributed by atoms with E-state index in [0.29, 0.717) is 17.9 Å². The average molecular weight is 331 g/mol. The molecule has 0 saturated heterocycles. The quantitative estimate of drug-likeness (QED) is 0.883. The molecule has 1 unspecified atom stereocenters. The fourth-order valence-electron chi connectivity index (χ4n) is 2.24. The van der Waals surface area contributed by atoms with E-state index in [2.05, 4.69) is 27.3 Å². The number of aromatic hydroxyl groups is 1. The maximum absolute atomic E-state index is 9.44. The molecule has 5 heteroatoms. The van der Waals surface area contributed by atoms with Crippen molar-refractivity contribution in [3.8, 4) is 17.6 Å². The lowest BCUT2D eigenvalue weighted by Gasteiger charge is -2.14. The van der Waals surface area contributed by atoms with Crippen molar-refractivity contribution in [2.75, 3.05) is 11.9 Å². The first-order valence-electron chi connectivity index (χ1n) is 6.09. The molecule has 0 aromatic heterocycles. The molecule has 20 heavy (non-hydrogen) atoms. The van der Waals surface area contributed by atoms with Crippen LogP contribution >= 0.6 is 15.9 Å². The van der Waals surface area contributed by atoms with Crippen LogP contribution in [0.2, 0.25) is 0 Å². The van der Waals surface area contributed by atoms with Crippen LogP contribution in [0.4, 0.5) is 5.69 Å². The second-order valence-electron chi connectivity index (χ2n) is 4.53. The molecular formula is C15H11BrN2O2. The summed E-state index contributed by atoms with van der Waals surface area (Å²) in [6.07, 6.45) is 0. The number of anilines is 1. The van der Waals surface area contributed by atoms with Gasteiger partial charge in [-0.25, -0.2) is 0 Å². The summed E-state index contributed by atoms with van der Waals surface area (Å²) in [5.41, 5.74) is 2.32. The summed E-state index contributed by atoms with van der Waals surface area (Å²) in [7, 11) is 0. The third kappa shape index (κ3) is 2.30. The maximum atomic E-state index is 9.44. The van der Waals surface area contributed by atoms with Crippen molar-refractivity contribution < 1.29 is 9.84 Å². The van der Waals surface area contributed by atoms with Crippen molar-refractivity contribution in [2.45, 2.75) is 6.04 Å². The number of ether oxygens (including phenoxy) is 1. The Morgan fingerprint density at radius 2 is 2.15 bits per heavy atom. The predicted octanol–water partition coefficient (Wildman–Crippen LogP) is 3.57. The van der Waals surface area contributed by atoms with E-state index in [9.17, 15) is 5.11 Å². The van der Waals surface area contributed by atoms with E-state index in [1.54, 1.807) is 18.2 Å². The van der Waals surface area contributed by atoms with E-state index in [-0.39, 0.29) is 11.8 Å². The second kappa shape index (κ2) is 5.06. The Balaban J connectivity index is 1.91. The highest BCUT2D eigenvalue weighted by Gasteiger charge is 2.25. The number of hydrogen-bond donors (Lipinski definition) is 2. The minimum atomic E-state index is -0.0352. The first kappa shape index (κ1) is 12.8. The number of rotatable bonds is 2. The number of nitrogens with one attached hydrogen (secondary N) is 1. The van der Waals surface area contributed by atoms with E-state index in [1.165, 1.54) is 0 Å². The van der Waals surface area contributed by atoms with Crippen molar-refractivity contribution >= 4 is 21.6 Å². The highest BCUT2D eigenvalue weighted by atomic mass is 79.9. The molecule has 2 N–H and O–H groups in total. The van der Waals surface area contributed by atoms with E-state index in [0.717, 1.165) is 15.7 Å². The molecule has 1 aliphatic heterocycles. The molecule has 3 rings (SSSR count). The molecule has 100 valence electrons. The molecule has 0 radical (unpaired) electrons. The van der Waals surface area contributed by atoms with Crippen molar-refractivity contribution in [3.05, 3.63) is 52.0 Å². The van der Waals surface area contributed by atoms with Gasteiger partial charge in [0, 0.05) is 16.1 Å². The molecule has 0 saturated carbocycles. The van der Waals surface area contributed by atoms with Crippen LogP contribution in [0.5, 0.6) is 11.5 Å². The molecule has 0 amide bonds. The lowest BCUT2D eigenvalue weighted by molar-refractivity contribution is 0.338. The van der Waals surface area contributed by atoms with Crippen LogP contribution in [0.25, 0.3) is 0 Å². The molecule has 1 heterocycles. The number of nitriles is 1. The van der Waals surface area contributed by atoms with Crippen molar-refractivity contribution in [1.82, 2.24) is 0 Å². The second-order valence-corrected chi connectivity index (χ2v) is 5.45. The minimum Gasteiger partial charge on any atom is -0.508 e. The first-order chi connectivity index (χ1) is 9.67. The van der Waals surface area contributed by atoms with E-state index in [1.807, 2.05) is 18.2 Å². The summed E-state index contributed by atoms with van der Waals surface area (Å²) in [6.45, 7) is 0.468. The third-order valence-electron chi connectivity index (χ3n) is 3.21. The van der Waals surface area contributed by atoms with Gasteiger partial charge in [-0.05, 0) is 30.3 Å². The third-order valence-corrected chi connectivity index (χ3v) is 3.70. The fourth-order valence-corrected chi connectivity index (χ4v) is 2.60. The summed E-state index contributed by atoms with van der Waals surface area (Å²) >= 11 is 3.40. The highest BCUT2D eigenvalue weighted by Crippen LogP contribution is 2.37. The number of phenols is 1. The van der Waals surface area contributed by atoms with Crippen molar-refractivity contribution in [2.24, 2.45) is 0 Å². The molecule has 4 nitrogen and oxygen atoms in total. The van der Waals surface area contributed by atoms with Gasteiger partial charge in [0.2, 0.25) is 0 Å². The van der Waals surface area contributed by atoms with Crippen LogP contribution in [0.3, 0.4) is 0 Å². The Hall–Kier alpha value is -2.19. The average Bonchev–Trinajstić information content (AvgIpc) is 2.81. The van der Waals surface area contributed by atoms with Gasteiger partial charge in [-0.1, -0.05) is 15.9 Å². The number of fused-ring (bicyclic) bond motifs is 1. The summed E-state index contributed by atoms with van der Waals surface area (Å²) in [5, 5.41) is 21.9. The normalized spacial score (nSPS) is 16.1. The summed E-state index contributed by atoms with van der Waals surface area (Å²) < 4.78 is 6.46. The standard InChI is InChI=1S/C15H11BrN2O2/c16-10-2-1-9(7-17)13(5-10)18-14-8-20-15-6-11(19)3-4-12(14)15/h1-6,14,18-19H,8H2. The van der Waals surface area contributed by atoms with Gasteiger partial charge in [0.1, 0.15) is 24.2 Å². The van der Waals surface area contributed by atoms with Gasteiger partial charge in [-0.15, -0.1) is 0 Å². The van der Waals surface area contributed by atoms with E-state index < -0.39 is 0 Å². The lowest BCUT2D eigenvalue weighted by Crippen LogP contribution is -2.12. The Bertz CT molecular complexity index is 710. The Kier molecular flexibility index (Phi) is 3.25. The summed E-state index contributed by atoms with van der Waals surface area (Å²) in [5.74, 6) is 0.862. The van der Waals surface area contributed by atoms with Crippen LogP contribution in [0, 0.1) is 11.3 Å². The summed E-state index contributed by atoms with van der Waals surface area (Å²) in [4.78, 5) is 0. The smallest absolute Gasteiger partial charge is 0.128 e. The number of halogens is 1. The zero-order valence-corrected chi connectivity index (χ0v) is 12.0. The Labute approximate surface area is 124 Å². The summed E-state index contributed by atoms with van der Waals surface area (Å²) in [6, 6.07) is 12.7. The van der Waals surface area contributed by atoms with Crippen molar-refractivity contribution in [1.29, 1.82) is 5.26 Å². The highest BCUT2D eigenvalue weighted by molar-refractivity contribution is 9.10. The topological polar surface area (TPSA) is 65.3 Å². The van der Waals surface area contributed by atoms with Crippen LogP contribution in [-0.4, -0.2) is 11.7 Å². The number of phenolic OH excluding ortho intramolecular Hbond substituents is 1. The van der Waals surface area contributed by atoms with E-state index >= 15 is 0 Å². The van der Waals surface area contributed by atoms with Gasteiger partial charge in [0.15, 0.2) is 0 Å². The zero-order valence-electron chi connectivity index (χ0n) is 10.4. The molecule has 1 aliphatic rings. The molecule has 0 fully saturated rings. The molecule has 0 bridgehead atoms. The Morgan fingerprint density at radius 1 is 1.30 bits per heavy atom. The van der Waals surface area contributed by atoms with Gasteiger partial charge in [-0.2, -0.15) is 5.26 Å². The Morgan fingerprint density at radius 3 is 2.95 bits per heavy atom. The number of nitrogens with zero attached hydrogens (tertiary/aromatic N) is 1. The number of benzene rings is 2. The molecule has 1 atom stereocenters. The molecule has 0 aliphatic carbocycles. The van der Waals surface area contributed by atoms with Crippen LogP contribution in [-0.2, 0) is 0 Å². The minimum absolute atomic E-state index is 0.0352. The van der Waals surface area contributed by atoms with Gasteiger partial charge >= 0.3 is 0 Å². The van der Waals surface area contributed by atoms with Gasteiger partial charge in [0.05, 0.1) is 17.3 Å². The fraction of sp³-hybridized carbons (Fsp3) is 0.133. The lowest BCUT2D eigenvalue weighted by atomic mass is 10.1. The van der Waals surface area contributed by atoms with Gasteiger partial charge in [0.25, 0.3) is 0 Å².